The Kier molecular flexibility index (Phi) is 4.79. The number of ether oxygens (including phenoxy) is 1. The molecule has 0 atom stereocenters. The van der Waals surface area contributed by atoms with Gasteiger partial charge in [-0.25, -0.2) is 0 Å². The van der Waals surface area contributed by atoms with Gasteiger partial charge in [0.2, 0.25) is 11.8 Å². The van der Waals surface area contributed by atoms with Crippen LogP contribution in [-0.4, -0.2) is 18.9 Å². The molecule has 5 nitrogen and oxygen atoms in total. The van der Waals surface area contributed by atoms with E-state index in [4.69, 9.17) is 4.74 Å². The molecule has 0 saturated heterocycles. The van der Waals surface area contributed by atoms with Gasteiger partial charge in [-0.2, -0.15) is 0 Å². The van der Waals surface area contributed by atoms with Gasteiger partial charge in [0.25, 0.3) is 0 Å². The van der Waals surface area contributed by atoms with Crippen molar-refractivity contribution in [2.24, 2.45) is 5.92 Å². The molecule has 2 amide bonds. The molecule has 1 aliphatic rings. The predicted octanol–water partition coefficient (Wildman–Crippen LogP) is 3.22. The van der Waals surface area contributed by atoms with Crippen molar-refractivity contribution in [3.63, 3.8) is 0 Å². The van der Waals surface area contributed by atoms with Crippen LogP contribution < -0.4 is 15.4 Å². The minimum absolute atomic E-state index is 0.0525. The van der Waals surface area contributed by atoms with Crippen LogP contribution in [0, 0.1) is 5.92 Å². The first-order chi connectivity index (χ1) is 11.6. The molecule has 1 saturated carbocycles. The van der Waals surface area contributed by atoms with E-state index >= 15 is 0 Å². The largest absolute Gasteiger partial charge is 0.497 e. The highest BCUT2D eigenvalue weighted by Crippen LogP contribution is 2.30. The van der Waals surface area contributed by atoms with Gasteiger partial charge in [0.05, 0.1) is 13.5 Å². The van der Waals surface area contributed by atoms with E-state index in [1.807, 2.05) is 36.4 Å². The Bertz CT molecular complexity index is 737. The zero-order chi connectivity index (χ0) is 16.9. The van der Waals surface area contributed by atoms with E-state index in [-0.39, 0.29) is 24.2 Å². The van der Waals surface area contributed by atoms with Crippen LogP contribution in [-0.2, 0) is 16.0 Å². The van der Waals surface area contributed by atoms with Gasteiger partial charge < -0.3 is 15.4 Å². The minimum Gasteiger partial charge on any atom is -0.497 e. The zero-order valence-electron chi connectivity index (χ0n) is 13.5. The van der Waals surface area contributed by atoms with Crippen LogP contribution in [0.5, 0.6) is 5.75 Å². The fraction of sp³-hybridized carbons (Fsp3) is 0.263. The standard InChI is InChI=1S/C19H20N2O3/c1-24-17-9-5-13(6-10-17)11-18(22)20-15-3-2-4-16(12-15)21-19(23)14-7-8-14/h2-6,9-10,12,14H,7-8,11H2,1H3,(H,20,22)(H,21,23). The summed E-state index contributed by atoms with van der Waals surface area (Å²) < 4.78 is 5.10. The second kappa shape index (κ2) is 7.17. The van der Waals surface area contributed by atoms with Crippen LogP contribution in [0.4, 0.5) is 11.4 Å². The van der Waals surface area contributed by atoms with E-state index in [1.54, 1.807) is 19.2 Å². The molecule has 3 rings (SSSR count). The third kappa shape index (κ3) is 4.35. The second-order valence-corrected chi connectivity index (χ2v) is 5.92. The van der Waals surface area contributed by atoms with E-state index < -0.39 is 0 Å². The molecular weight excluding hydrogens is 304 g/mol. The van der Waals surface area contributed by atoms with Gasteiger partial charge in [0.15, 0.2) is 0 Å². The number of benzene rings is 2. The van der Waals surface area contributed by atoms with Crippen LogP contribution in [0.3, 0.4) is 0 Å². The van der Waals surface area contributed by atoms with E-state index in [2.05, 4.69) is 10.6 Å². The number of hydrogen-bond donors (Lipinski definition) is 2. The summed E-state index contributed by atoms with van der Waals surface area (Å²) >= 11 is 0. The summed E-state index contributed by atoms with van der Waals surface area (Å²) in [6.45, 7) is 0. The first kappa shape index (κ1) is 16.1. The topological polar surface area (TPSA) is 67.4 Å². The van der Waals surface area contributed by atoms with Crippen molar-refractivity contribution in [3.05, 3.63) is 54.1 Å². The second-order valence-electron chi connectivity index (χ2n) is 5.92. The van der Waals surface area contributed by atoms with Crippen LogP contribution in [0.2, 0.25) is 0 Å². The molecule has 2 N–H and O–H groups in total. The Morgan fingerprint density at radius 2 is 1.71 bits per heavy atom. The van der Waals surface area contributed by atoms with Crippen molar-refractivity contribution in [2.45, 2.75) is 19.3 Å². The highest BCUT2D eigenvalue weighted by atomic mass is 16.5. The van der Waals surface area contributed by atoms with Crippen LogP contribution >= 0.6 is 0 Å². The normalized spacial score (nSPS) is 13.2. The van der Waals surface area contributed by atoms with Gasteiger partial charge in [-0.15, -0.1) is 0 Å². The molecule has 2 aromatic rings. The number of hydrogen-bond acceptors (Lipinski definition) is 3. The lowest BCUT2D eigenvalue weighted by molar-refractivity contribution is -0.117. The Morgan fingerprint density at radius 3 is 2.33 bits per heavy atom. The molecular formula is C19H20N2O3. The smallest absolute Gasteiger partial charge is 0.228 e. The molecule has 0 radical (unpaired) electrons. The van der Waals surface area contributed by atoms with Crippen molar-refractivity contribution < 1.29 is 14.3 Å². The highest BCUT2D eigenvalue weighted by molar-refractivity contribution is 5.96. The maximum Gasteiger partial charge on any atom is 0.228 e. The van der Waals surface area contributed by atoms with E-state index in [0.29, 0.717) is 11.4 Å². The maximum atomic E-state index is 12.2. The van der Waals surface area contributed by atoms with Crippen LogP contribution in [0.15, 0.2) is 48.5 Å². The molecule has 124 valence electrons. The molecule has 0 aromatic heterocycles. The lowest BCUT2D eigenvalue weighted by atomic mass is 10.1. The third-order valence-corrected chi connectivity index (χ3v) is 3.89. The molecule has 0 heterocycles. The van der Waals surface area contributed by atoms with Crippen molar-refractivity contribution in [3.8, 4) is 5.75 Å². The maximum absolute atomic E-state index is 12.2. The summed E-state index contributed by atoms with van der Waals surface area (Å²) in [5.41, 5.74) is 2.28. The number of anilines is 2. The van der Waals surface area contributed by atoms with E-state index in [9.17, 15) is 9.59 Å². The number of nitrogens with one attached hydrogen (secondary N) is 2. The van der Waals surface area contributed by atoms with E-state index in [0.717, 1.165) is 24.2 Å². The Hall–Kier alpha value is -2.82. The lowest BCUT2D eigenvalue weighted by Gasteiger charge is -2.09. The number of rotatable bonds is 6. The summed E-state index contributed by atoms with van der Waals surface area (Å²) in [5.74, 6) is 0.860. The summed E-state index contributed by atoms with van der Waals surface area (Å²) in [7, 11) is 1.61. The summed E-state index contributed by atoms with van der Waals surface area (Å²) in [4.78, 5) is 24.0. The molecule has 5 heteroatoms. The van der Waals surface area contributed by atoms with Crippen molar-refractivity contribution in [2.75, 3.05) is 17.7 Å². The Labute approximate surface area is 141 Å². The molecule has 0 bridgehead atoms. The minimum atomic E-state index is -0.106. The molecule has 0 aliphatic heterocycles. The Balaban J connectivity index is 1.57. The van der Waals surface area contributed by atoms with Crippen molar-refractivity contribution in [1.29, 1.82) is 0 Å². The molecule has 1 aliphatic carbocycles. The van der Waals surface area contributed by atoms with Crippen molar-refractivity contribution >= 4 is 23.2 Å². The SMILES string of the molecule is COc1ccc(CC(=O)Nc2cccc(NC(=O)C3CC3)c2)cc1. The Morgan fingerprint density at radius 1 is 1.04 bits per heavy atom. The van der Waals surface area contributed by atoms with Gasteiger partial charge in [-0.3, -0.25) is 9.59 Å². The van der Waals surface area contributed by atoms with Crippen LogP contribution in [0.25, 0.3) is 0 Å². The van der Waals surface area contributed by atoms with Crippen molar-refractivity contribution in [1.82, 2.24) is 0 Å². The fourth-order valence-corrected chi connectivity index (χ4v) is 2.40. The summed E-state index contributed by atoms with van der Waals surface area (Å²) in [6.07, 6.45) is 2.21. The molecule has 0 unspecified atom stereocenters. The first-order valence-electron chi connectivity index (χ1n) is 7.98. The number of carbonyl (C=O) groups excluding carboxylic acids is 2. The molecule has 2 aromatic carbocycles. The van der Waals surface area contributed by atoms with E-state index in [1.165, 1.54) is 0 Å². The average Bonchev–Trinajstić information content (AvgIpc) is 3.41. The van der Waals surface area contributed by atoms with Crippen LogP contribution in [0.1, 0.15) is 18.4 Å². The van der Waals surface area contributed by atoms with Gasteiger partial charge in [0, 0.05) is 17.3 Å². The van der Waals surface area contributed by atoms with Gasteiger partial charge in [-0.05, 0) is 48.7 Å². The fourth-order valence-electron chi connectivity index (χ4n) is 2.40. The third-order valence-electron chi connectivity index (χ3n) is 3.89. The highest BCUT2D eigenvalue weighted by Gasteiger charge is 2.29. The number of amides is 2. The number of carbonyl (C=O) groups is 2. The lowest BCUT2D eigenvalue weighted by Crippen LogP contribution is -2.16. The summed E-state index contributed by atoms with van der Waals surface area (Å²) in [5, 5.41) is 5.73. The first-order valence-corrected chi connectivity index (χ1v) is 7.98. The molecule has 0 spiro atoms. The molecule has 24 heavy (non-hydrogen) atoms. The monoisotopic (exact) mass is 324 g/mol. The van der Waals surface area contributed by atoms with Gasteiger partial charge in [-0.1, -0.05) is 18.2 Å². The van der Waals surface area contributed by atoms with Gasteiger partial charge in [0.1, 0.15) is 5.75 Å². The zero-order valence-corrected chi connectivity index (χ0v) is 13.5. The predicted molar refractivity (Wildman–Crippen MR) is 93.1 cm³/mol. The van der Waals surface area contributed by atoms with Gasteiger partial charge >= 0.3 is 0 Å². The molecule has 1 fully saturated rings. The summed E-state index contributed by atoms with van der Waals surface area (Å²) in [6, 6.07) is 14.6. The quantitative estimate of drug-likeness (QED) is 0.857. The average molecular weight is 324 g/mol. The number of methoxy groups -OCH3 is 1.